The van der Waals surface area contributed by atoms with Crippen LogP contribution in [-0.2, 0) is 33.3 Å². The van der Waals surface area contributed by atoms with Crippen LogP contribution in [0.1, 0.15) is 200 Å². The highest BCUT2D eigenvalue weighted by Crippen LogP contribution is 2.16. The predicted octanol–water partition coefficient (Wildman–Crippen LogP) is 10.9. The number of carbonyl (C=O) groups is 3. The Kier molecular flexibility index (Phi) is 35.1. The zero-order valence-electron chi connectivity index (χ0n) is 34.7. The molecule has 0 aliphatic heterocycles. The minimum absolute atomic E-state index is 0.174. The third-order valence-corrected chi connectivity index (χ3v) is 9.61. The first-order valence-corrected chi connectivity index (χ1v) is 21.7. The Bertz CT molecular complexity index is 830. The van der Waals surface area contributed by atoms with E-state index in [2.05, 4.69) is 13.8 Å². The Morgan fingerprint density at radius 3 is 1.23 bits per heavy atom. The van der Waals surface area contributed by atoms with E-state index in [1.165, 1.54) is 135 Å². The third-order valence-electron chi connectivity index (χ3n) is 9.61. The molecule has 0 heterocycles. The molecule has 0 radical (unpaired) electrons. The van der Waals surface area contributed by atoms with Gasteiger partial charge in [-0.05, 0) is 12.8 Å². The van der Waals surface area contributed by atoms with Gasteiger partial charge >= 0.3 is 17.9 Å². The molecular weight excluding hydrogens is 658 g/mol. The van der Waals surface area contributed by atoms with Crippen molar-refractivity contribution in [1.82, 2.24) is 0 Å². The first kappa shape index (κ1) is 50.3. The molecule has 9 nitrogen and oxygen atoms in total. The molecule has 9 heteroatoms. The van der Waals surface area contributed by atoms with Crippen molar-refractivity contribution in [2.45, 2.75) is 212 Å². The number of aliphatic carboxylic acids is 1. The summed E-state index contributed by atoms with van der Waals surface area (Å²) in [5.41, 5.74) is 0. The monoisotopic (exact) mass is 743 g/mol. The molecule has 0 bridgehead atoms. The second-order valence-corrected chi connectivity index (χ2v) is 16.0. The van der Waals surface area contributed by atoms with Crippen LogP contribution >= 0.6 is 0 Å². The molecule has 2 unspecified atom stereocenters. The second kappa shape index (κ2) is 36.3. The van der Waals surface area contributed by atoms with Gasteiger partial charge in [0.25, 0.3) is 6.29 Å². The number of nitrogens with zero attached hydrogens (tertiary/aromatic N) is 1. The fourth-order valence-electron chi connectivity index (χ4n) is 6.19. The van der Waals surface area contributed by atoms with Crippen molar-refractivity contribution in [3.8, 4) is 0 Å². The van der Waals surface area contributed by atoms with E-state index >= 15 is 0 Å². The smallest absolute Gasteiger partial charge is 0.361 e. The number of hydrogen-bond donors (Lipinski definition) is 1. The normalized spacial score (nSPS) is 12.9. The van der Waals surface area contributed by atoms with Gasteiger partial charge in [-0.1, -0.05) is 174 Å². The number of ether oxygens (including phenoxy) is 4. The van der Waals surface area contributed by atoms with Crippen molar-refractivity contribution in [2.75, 3.05) is 47.5 Å². The number of carboxylic acids is 1. The van der Waals surface area contributed by atoms with Gasteiger partial charge in [-0.25, -0.2) is 4.79 Å². The SMILES string of the molecule is CCCCCCCCCCCCCCCCCCC(=O)OC(COC(=O)CCCCCCCCCCCCC)COC(OCC[N+](C)(C)C)C(=O)O. The van der Waals surface area contributed by atoms with Crippen LogP contribution in [0.5, 0.6) is 0 Å². The molecule has 0 aromatic heterocycles. The maximum absolute atomic E-state index is 12.7. The molecule has 0 aromatic rings. The maximum atomic E-state index is 12.7. The quantitative estimate of drug-likeness (QED) is 0.0286. The lowest BCUT2D eigenvalue weighted by Crippen LogP contribution is -2.40. The number of likely N-dealkylation sites (N-methyl/N-ethyl adjacent to an activating group) is 1. The van der Waals surface area contributed by atoms with E-state index in [9.17, 15) is 19.5 Å². The molecule has 0 saturated carbocycles. The van der Waals surface area contributed by atoms with E-state index < -0.39 is 24.3 Å². The van der Waals surface area contributed by atoms with Crippen molar-refractivity contribution >= 4 is 17.9 Å². The minimum atomic E-state index is -1.50. The summed E-state index contributed by atoms with van der Waals surface area (Å²) >= 11 is 0. The second-order valence-electron chi connectivity index (χ2n) is 16.0. The van der Waals surface area contributed by atoms with Crippen LogP contribution < -0.4 is 0 Å². The Balaban J connectivity index is 4.41. The van der Waals surface area contributed by atoms with Crippen LogP contribution in [0.2, 0.25) is 0 Å². The molecule has 0 amide bonds. The van der Waals surface area contributed by atoms with Gasteiger partial charge in [0, 0.05) is 12.8 Å². The maximum Gasteiger partial charge on any atom is 0.361 e. The van der Waals surface area contributed by atoms with Crippen molar-refractivity contribution in [2.24, 2.45) is 0 Å². The highest BCUT2D eigenvalue weighted by molar-refractivity contribution is 5.71. The van der Waals surface area contributed by atoms with Crippen LogP contribution in [0.25, 0.3) is 0 Å². The molecule has 0 rings (SSSR count). The average molecular weight is 743 g/mol. The molecule has 0 spiro atoms. The molecule has 0 fully saturated rings. The molecule has 52 heavy (non-hydrogen) atoms. The summed E-state index contributed by atoms with van der Waals surface area (Å²) in [6, 6.07) is 0. The van der Waals surface area contributed by atoms with Gasteiger partial charge in [0.1, 0.15) is 13.2 Å². The number of rotatable bonds is 40. The Hall–Kier alpha value is -1.71. The van der Waals surface area contributed by atoms with Crippen LogP contribution in [0, 0.1) is 0 Å². The van der Waals surface area contributed by atoms with E-state index in [-0.39, 0.29) is 32.2 Å². The van der Waals surface area contributed by atoms with Crippen molar-refractivity contribution in [3.63, 3.8) is 0 Å². The van der Waals surface area contributed by atoms with Crippen molar-refractivity contribution in [3.05, 3.63) is 0 Å². The molecule has 2 atom stereocenters. The molecule has 0 aliphatic rings. The molecular formula is C43H84NO8+. The zero-order valence-corrected chi connectivity index (χ0v) is 34.7. The van der Waals surface area contributed by atoms with Crippen LogP contribution in [0.15, 0.2) is 0 Å². The average Bonchev–Trinajstić information content (AvgIpc) is 3.09. The van der Waals surface area contributed by atoms with E-state index in [4.69, 9.17) is 18.9 Å². The minimum Gasteiger partial charge on any atom is -0.477 e. The summed E-state index contributed by atoms with van der Waals surface area (Å²) in [6.45, 7) is 4.88. The van der Waals surface area contributed by atoms with Crippen molar-refractivity contribution < 1.29 is 42.9 Å². The summed E-state index contributed by atoms with van der Waals surface area (Å²) in [5, 5.41) is 9.61. The van der Waals surface area contributed by atoms with E-state index in [0.29, 0.717) is 17.4 Å². The number of quaternary nitrogens is 1. The highest BCUT2D eigenvalue weighted by Gasteiger charge is 2.25. The summed E-state index contributed by atoms with van der Waals surface area (Å²) in [7, 11) is 5.96. The number of carbonyl (C=O) groups excluding carboxylic acids is 2. The summed E-state index contributed by atoms with van der Waals surface area (Å²) in [6.07, 6.45) is 31.5. The van der Waals surface area contributed by atoms with Gasteiger partial charge in [-0.3, -0.25) is 9.59 Å². The van der Waals surface area contributed by atoms with E-state index in [1.807, 2.05) is 21.1 Å². The predicted molar refractivity (Wildman–Crippen MR) is 212 cm³/mol. The zero-order chi connectivity index (χ0) is 38.5. The van der Waals surface area contributed by atoms with Crippen molar-refractivity contribution in [1.29, 1.82) is 0 Å². The first-order chi connectivity index (χ1) is 25.1. The van der Waals surface area contributed by atoms with Gasteiger partial charge in [0.2, 0.25) is 0 Å². The largest absolute Gasteiger partial charge is 0.477 e. The highest BCUT2D eigenvalue weighted by atomic mass is 16.7. The van der Waals surface area contributed by atoms with Gasteiger partial charge in [-0.15, -0.1) is 0 Å². The topological polar surface area (TPSA) is 108 Å². The lowest BCUT2D eigenvalue weighted by atomic mass is 10.0. The fraction of sp³-hybridized carbons (Fsp3) is 0.930. The van der Waals surface area contributed by atoms with E-state index in [1.54, 1.807) is 0 Å². The summed E-state index contributed by atoms with van der Waals surface area (Å²) < 4.78 is 22.7. The van der Waals surface area contributed by atoms with Crippen LogP contribution in [-0.4, -0.2) is 87.4 Å². The summed E-state index contributed by atoms with van der Waals surface area (Å²) in [5.74, 6) is -1.99. The Morgan fingerprint density at radius 2 is 0.865 bits per heavy atom. The number of unbranched alkanes of at least 4 members (excludes halogenated alkanes) is 25. The van der Waals surface area contributed by atoms with E-state index in [0.717, 1.165) is 38.5 Å². The van der Waals surface area contributed by atoms with Gasteiger partial charge in [0.15, 0.2) is 6.10 Å². The van der Waals surface area contributed by atoms with Gasteiger partial charge in [-0.2, -0.15) is 0 Å². The fourth-order valence-corrected chi connectivity index (χ4v) is 6.19. The Labute approximate surface area is 320 Å². The van der Waals surface area contributed by atoms with Gasteiger partial charge in [0.05, 0.1) is 34.4 Å². The number of hydrogen-bond acceptors (Lipinski definition) is 7. The lowest BCUT2D eigenvalue weighted by Gasteiger charge is -2.25. The molecule has 308 valence electrons. The lowest BCUT2D eigenvalue weighted by molar-refractivity contribution is -0.870. The molecule has 0 saturated heterocycles. The molecule has 0 aliphatic carbocycles. The number of carboxylic acid groups (broad SMARTS) is 1. The van der Waals surface area contributed by atoms with Gasteiger partial charge < -0.3 is 28.5 Å². The first-order valence-electron chi connectivity index (χ1n) is 21.7. The summed E-state index contributed by atoms with van der Waals surface area (Å²) in [4.78, 5) is 37.0. The van der Waals surface area contributed by atoms with Crippen LogP contribution in [0.3, 0.4) is 0 Å². The Morgan fingerprint density at radius 1 is 0.500 bits per heavy atom. The number of esters is 2. The standard InChI is InChI=1S/C43H83NO8/c1-6-8-10-12-14-16-18-19-20-21-22-24-26-28-30-32-34-41(46)52-39(38-51-43(42(47)48)49-36-35-44(3,4)5)37-50-40(45)33-31-29-27-25-23-17-15-13-11-9-7-2/h39,43H,6-38H2,1-5H3/p+1. The van der Waals surface area contributed by atoms with Crippen LogP contribution in [0.4, 0.5) is 0 Å². The third kappa shape index (κ3) is 36.6. The molecule has 0 aromatic carbocycles. The molecule has 1 N–H and O–H groups in total.